The van der Waals surface area contributed by atoms with Crippen molar-refractivity contribution in [2.75, 3.05) is 0 Å². The average Bonchev–Trinajstić information content (AvgIpc) is 2.78. The van der Waals surface area contributed by atoms with Gasteiger partial charge in [-0.15, -0.1) is 0 Å². The first-order valence-electron chi connectivity index (χ1n) is 5.47. The molecular weight excluding hydrogens is 212 g/mol. The van der Waals surface area contributed by atoms with E-state index in [-0.39, 0.29) is 12.1 Å². The third kappa shape index (κ3) is 2.19. The van der Waals surface area contributed by atoms with Gasteiger partial charge in [0.25, 0.3) is 0 Å². The van der Waals surface area contributed by atoms with Crippen LogP contribution in [-0.4, -0.2) is 15.6 Å². The Labute approximate surface area is 100 Å². The van der Waals surface area contributed by atoms with E-state index in [4.69, 9.17) is 11.0 Å². The molecule has 2 unspecified atom stereocenters. The average molecular weight is 226 g/mol. The van der Waals surface area contributed by atoms with Gasteiger partial charge in [-0.3, -0.25) is 4.98 Å². The minimum Gasteiger partial charge on any atom is -0.329 e. The minimum atomic E-state index is -0.121. The third-order valence-corrected chi connectivity index (χ3v) is 2.68. The number of pyridine rings is 1. The van der Waals surface area contributed by atoms with Crippen molar-refractivity contribution in [3.63, 3.8) is 0 Å². The number of nitrogens with zero attached hydrogens (tertiary/aromatic N) is 3. The lowest BCUT2D eigenvalue weighted by atomic mass is 10.1. The predicted molar refractivity (Wildman–Crippen MR) is 65.2 cm³/mol. The standard InChI is InChI=1S/C13H14N4/c1-10(15)13(12-6-2-3-7-16-12)17-8-4-5-11(17)9-14/h2-8,10,13H,15H2,1H3. The smallest absolute Gasteiger partial charge is 0.120 e. The summed E-state index contributed by atoms with van der Waals surface area (Å²) in [5.41, 5.74) is 7.48. The van der Waals surface area contributed by atoms with Gasteiger partial charge >= 0.3 is 0 Å². The molecule has 0 saturated heterocycles. The summed E-state index contributed by atoms with van der Waals surface area (Å²) in [5, 5.41) is 9.05. The van der Waals surface area contributed by atoms with Gasteiger partial charge < -0.3 is 10.3 Å². The van der Waals surface area contributed by atoms with Crippen molar-refractivity contribution in [3.05, 3.63) is 54.1 Å². The highest BCUT2D eigenvalue weighted by molar-refractivity contribution is 5.26. The number of nitriles is 1. The maximum absolute atomic E-state index is 9.05. The normalized spacial score (nSPS) is 13.9. The molecule has 2 aromatic rings. The maximum Gasteiger partial charge on any atom is 0.120 e. The van der Waals surface area contributed by atoms with Crippen LogP contribution in [0.1, 0.15) is 24.4 Å². The first-order valence-corrected chi connectivity index (χ1v) is 5.47. The van der Waals surface area contributed by atoms with E-state index in [1.165, 1.54) is 0 Å². The fourth-order valence-corrected chi connectivity index (χ4v) is 1.95. The van der Waals surface area contributed by atoms with Gasteiger partial charge in [0.15, 0.2) is 0 Å². The second-order valence-corrected chi connectivity index (χ2v) is 3.97. The first kappa shape index (κ1) is 11.4. The van der Waals surface area contributed by atoms with Gasteiger partial charge in [-0.25, -0.2) is 0 Å². The van der Waals surface area contributed by atoms with Crippen LogP contribution in [0.2, 0.25) is 0 Å². The molecule has 0 saturated carbocycles. The molecule has 0 aliphatic rings. The lowest BCUT2D eigenvalue weighted by Gasteiger charge is -2.23. The molecule has 0 radical (unpaired) electrons. The molecule has 0 aliphatic heterocycles. The summed E-state index contributed by atoms with van der Waals surface area (Å²) in [6, 6.07) is 11.3. The Morgan fingerprint density at radius 2 is 2.18 bits per heavy atom. The van der Waals surface area contributed by atoms with Crippen LogP contribution in [0.3, 0.4) is 0 Å². The maximum atomic E-state index is 9.05. The summed E-state index contributed by atoms with van der Waals surface area (Å²) in [6.45, 7) is 1.92. The molecule has 2 aromatic heterocycles. The zero-order valence-electron chi connectivity index (χ0n) is 9.62. The van der Waals surface area contributed by atoms with E-state index in [2.05, 4.69) is 11.1 Å². The Morgan fingerprint density at radius 3 is 2.76 bits per heavy atom. The molecule has 0 spiro atoms. The van der Waals surface area contributed by atoms with Crippen molar-refractivity contribution in [2.24, 2.45) is 5.73 Å². The van der Waals surface area contributed by atoms with Gasteiger partial charge in [-0.2, -0.15) is 5.26 Å². The van der Waals surface area contributed by atoms with Crippen molar-refractivity contribution in [1.82, 2.24) is 9.55 Å². The van der Waals surface area contributed by atoms with Crippen molar-refractivity contribution < 1.29 is 0 Å². The SMILES string of the molecule is CC(N)C(c1ccccn1)n1cccc1C#N. The van der Waals surface area contributed by atoms with Crippen LogP contribution in [0.15, 0.2) is 42.7 Å². The van der Waals surface area contributed by atoms with E-state index in [1.54, 1.807) is 12.3 Å². The number of aromatic nitrogens is 2. The zero-order chi connectivity index (χ0) is 12.3. The van der Waals surface area contributed by atoms with Crippen molar-refractivity contribution in [1.29, 1.82) is 5.26 Å². The molecular formula is C13H14N4. The fraction of sp³-hybridized carbons (Fsp3) is 0.231. The topological polar surface area (TPSA) is 67.6 Å². The Morgan fingerprint density at radius 1 is 1.35 bits per heavy atom. The molecule has 86 valence electrons. The summed E-state index contributed by atoms with van der Waals surface area (Å²) in [5.74, 6) is 0. The van der Waals surface area contributed by atoms with Crippen LogP contribution in [0.4, 0.5) is 0 Å². The Balaban J connectivity index is 2.48. The van der Waals surface area contributed by atoms with E-state index in [1.807, 2.05) is 42.0 Å². The highest BCUT2D eigenvalue weighted by atomic mass is 15.1. The van der Waals surface area contributed by atoms with E-state index >= 15 is 0 Å². The van der Waals surface area contributed by atoms with E-state index in [9.17, 15) is 0 Å². The van der Waals surface area contributed by atoms with E-state index < -0.39 is 0 Å². The van der Waals surface area contributed by atoms with Crippen LogP contribution < -0.4 is 5.73 Å². The summed E-state index contributed by atoms with van der Waals surface area (Å²) in [7, 11) is 0. The largest absolute Gasteiger partial charge is 0.329 e. The lowest BCUT2D eigenvalue weighted by Crippen LogP contribution is -2.31. The molecule has 0 fully saturated rings. The quantitative estimate of drug-likeness (QED) is 0.866. The summed E-state index contributed by atoms with van der Waals surface area (Å²) in [4.78, 5) is 4.32. The molecule has 2 N–H and O–H groups in total. The Hall–Kier alpha value is -2.12. The minimum absolute atomic E-state index is 0.110. The van der Waals surface area contributed by atoms with Gasteiger partial charge in [0.05, 0.1) is 11.7 Å². The first-order chi connectivity index (χ1) is 8.24. The third-order valence-electron chi connectivity index (χ3n) is 2.68. The number of hydrogen-bond acceptors (Lipinski definition) is 3. The number of rotatable bonds is 3. The highest BCUT2D eigenvalue weighted by Crippen LogP contribution is 2.21. The molecule has 17 heavy (non-hydrogen) atoms. The monoisotopic (exact) mass is 226 g/mol. The van der Waals surface area contributed by atoms with Crippen LogP contribution in [0.25, 0.3) is 0 Å². The van der Waals surface area contributed by atoms with Crippen LogP contribution in [0, 0.1) is 11.3 Å². The summed E-state index contributed by atoms with van der Waals surface area (Å²) < 4.78 is 1.87. The van der Waals surface area contributed by atoms with Crippen LogP contribution >= 0.6 is 0 Å². The van der Waals surface area contributed by atoms with Gasteiger partial charge in [-0.1, -0.05) is 6.07 Å². The molecule has 0 aliphatic carbocycles. The molecule has 2 rings (SSSR count). The Bertz CT molecular complexity index is 522. The van der Waals surface area contributed by atoms with Crippen LogP contribution in [-0.2, 0) is 0 Å². The number of hydrogen-bond donors (Lipinski definition) is 1. The fourth-order valence-electron chi connectivity index (χ4n) is 1.95. The second kappa shape index (κ2) is 4.81. The van der Waals surface area contributed by atoms with Crippen molar-refractivity contribution in [3.8, 4) is 6.07 Å². The van der Waals surface area contributed by atoms with Gasteiger partial charge in [-0.05, 0) is 31.2 Å². The molecule has 0 amide bonds. The van der Waals surface area contributed by atoms with Gasteiger partial charge in [0, 0.05) is 18.4 Å². The molecule has 4 nitrogen and oxygen atoms in total. The van der Waals surface area contributed by atoms with Gasteiger partial charge in [0.2, 0.25) is 0 Å². The molecule has 2 heterocycles. The molecule has 4 heteroatoms. The predicted octanol–water partition coefficient (Wildman–Crippen LogP) is 1.69. The van der Waals surface area contributed by atoms with Crippen molar-refractivity contribution in [2.45, 2.75) is 19.0 Å². The van der Waals surface area contributed by atoms with E-state index in [0.717, 1.165) is 5.69 Å². The summed E-state index contributed by atoms with van der Waals surface area (Å²) >= 11 is 0. The van der Waals surface area contributed by atoms with Crippen molar-refractivity contribution >= 4 is 0 Å². The van der Waals surface area contributed by atoms with Crippen LogP contribution in [0.5, 0.6) is 0 Å². The van der Waals surface area contributed by atoms with Gasteiger partial charge in [0.1, 0.15) is 11.8 Å². The molecule has 0 aromatic carbocycles. The molecule has 2 atom stereocenters. The number of nitrogens with two attached hydrogens (primary N) is 1. The summed E-state index contributed by atoms with van der Waals surface area (Å²) in [6.07, 6.45) is 3.60. The second-order valence-electron chi connectivity index (χ2n) is 3.97. The van der Waals surface area contributed by atoms with E-state index in [0.29, 0.717) is 5.69 Å². The zero-order valence-corrected chi connectivity index (χ0v) is 9.62. The highest BCUT2D eigenvalue weighted by Gasteiger charge is 2.20. The lowest BCUT2D eigenvalue weighted by molar-refractivity contribution is 0.483. The molecule has 0 bridgehead atoms. The Kier molecular flexibility index (Phi) is 3.22.